The molecule has 0 aliphatic rings. The average molecular weight is 281 g/mol. The normalized spacial score (nSPS) is 11.8. The summed E-state index contributed by atoms with van der Waals surface area (Å²) >= 11 is 0. The molecule has 0 saturated carbocycles. The average Bonchev–Trinajstić information content (AvgIpc) is 2.72. The number of nitrogens with one attached hydrogen (secondary N) is 2. The lowest BCUT2D eigenvalue weighted by Gasteiger charge is -2.11. The molecular weight excluding hydrogens is 254 g/mol. The Labute approximate surface area is 121 Å². The molecular formula is C14H27N5O. The number of rotatable bonds is 7. The van der Waals surface area contributed by atoms with Crippen LogP contribution in [-0.4, -0.2) is 43.0 Å². The van der Waals surface area contributed by atoms with Crippen molar-refractivity contribution in [3.8, 4) is 0 Å². The lowest BCUT2D eigenvalue weighted by Crippen LogP contribution is -2.37. The first-order chi connectivity index (χ1) is 9.63. The molecule has 6 nitrogen and oxygen atoms in total. The Kier molecular flexibility index (Phi) is 7.08. The Morgan fingerprint density at radius 3 is 2.70 bits per heavy atom. The van der Waals surface area contributed by atoms with Crippen molar-refractivity contribution in [3.63, 3.8) is 0 Å². The van der Waals surface area contributed by atoms with Crippen molar-refractivity contribution in [2.24, 2.45) is 4.99 Å². The first-order valence-corrected chi connectivity index (χ1v) is 7.10. The number of aromatic nitrogens is 2. The van der Waals surface area contributed by atoms with Gasteiger partial charge in [0.15, 0.2) is 5.96 Å². The first-order valence-electron chi connectivity index (χ1n) is 7.10. The SMILES string of the molecule is CCCNC(=NC)NCc1c(C)nn(CCOC)c1C. The van der Waals surface area contributed by atoms with Crippen LogP contribution in [0.2, 0.25) is 0 Å². The van der Waals surface area contributed by atoms with Crippen LogP contribution in [0.4, 0.5) is 0 Å². The van der Waals surface area contributed by atoms with Crippen molar-refractivity contribution in [3.05, 3.63) is 17.0 Å². The second-order valence-corrected chi connectivity index (χ2v) is 4.72. The zero-order chi connectivity index (χ0) is 15.0. The molecule has 114 valence electrons. The van der Waals surface area contributed by atoms with Gasteiger partial charge in [0.05, 0.1) is 18.8 Å². The van der Waals surface area contributed by atoms with Crippen molar-refractivity contribution in [2.45, 2.75) is 40.3 Å². The summed E-state index contributed by atoms with van der Waals surface area (Å²) in [6, 6.07) is 0. The molecule has 6 heteroatoms. The third-order valence-corrected chi connectivity index (χ3v) is 3.24. The predicted molar refractivity (Wildman–Crippen MR) is 82.1 cm³/mol. The third-order valence-electron chi connectivity index (χ3n) is 3.24. The van der Waals surface area contributed by atoms with Crippen molar-refractivity contribution in [2.75, 3.05) is 27.3 Å². The molecule has 0 unspecified atom stereocenters. The van der Waals surface area contributed by atoms with Crippen molar-refractivity contribution in [1.82, 2.24) is 20.4 Å². The summed E-state index contributed by atoms with van der Waals surface area (Å²) < 4.78 is 7.10. The van der Waals surface area contributed by atoms with Crippen LogP contribution in [0.15, 0.2) is 4.99 Å². The quantitative estimate of drug-likeness (QED) is 0.583. The second kappa shape index (κ2) is 8.58. The molecule has 1 aromatic heterocycles. The van der Waals surface area contributed by atoms with E-state index in [1.165, 1.54) is 11.3 Å². The molecule has 0 bridgehead atoms. The Hall–Kier alpha value is -1.56. The molecule has 1 rings (SSSR count). The van der Waals surface area contributed by atoms with E-state index in [1.54, 1.807) is 14.2 Å². The molecule has 1 heterocycles. The summed E-state index contributed by atoms with van der Waals surface area (Å²) in [6.07, 6.45) is 1.08. The van der Waals surface area contributed by atoms with Crippen molar-refractivity contribution in [1.29, 1.82) is 0 Å². The number of nitrogens with zero attached hydrogens (tertiary/aromatic N) is 3. The molecule has 0 aliphatic heterocycles. The lowest BCUT2D eigenvalue weighted by molar-refractivity contribution is 0.182. The molecule has 0 atom stereocenters. The topological polar surface area (TPSA) is 63.5 Å². The number of aryl methyl sites for hydroxylation is 1. The number of ether oxygens (including phenoxy) is 1. The van der Waals surface area contributed by atoms with Crippen LogP contribution in [-0.2, 0) is 17.8 Å². The maximum atomic E-state index is 5.10. The summed E-state index contributed by atoms with van der Waals surface area (Å²) in [7, 11) is 3.49. The summed E-state index contributed by atoms with van der Waals surface area (Å²) in [5, 5.41) is 11.1. The Morgan fingerprint density at radius 1 is 1.35 bits per heavy atom. The maximum absolute atomic E-state index is 5.10. The van der Waals surface area contributed by atoms with Crippen LogP contribution in [0.5, 0.6) is 0 Å². The molecule has 0 aromatic carbocycles. The van der Waals surface area contributed by atoms with Gasteiger partial charge in [-0.2, -0.15) is 5.10 Å². The summed E-state index contributed by atoms with van der Waals surface area (Å²) in [6.45, 7) is 9.37. The fraction of sp³-hybridized carbons (Fsp3) is 0.714. The standard InChI is InChI=1S/C14H27N5O/c1-6-7-16-14(15-4)17-10-13-11(2)18-19(12(13)3)8-9-20-5/h6-10H2,1-5H3,(H2,15,16,17). The maximum Gasteiger partial charge on any atom is 0.191 e. The van der Waals surface area contributed by atoms with Crippen molar-refractivity contribution < 1.29 is 4.74 Å². The first kappa shape index (κ1) is 16.5. The second-order valence-electron chi connectivity index (χ2n) is 4.72. The molecule has 0 spiro atoms. The van der Waals surface area contributed by atoms with Gasteiger partial charge in [0.2, 0.25) is 0 Å². The van der Waals surface area contributed by atoms with E-state index in [9.17, 15) is 0 Å². The van der Waals surface area contributed by atoms with Gasteiger partial charge in [-0.05, 0) is 20.3 Å². The smallest absolute Gasteiger partial charge is 0.191 e. The fourth-order valence-electron chi connectivity index (χ4n) is 2.02. The fourth-order valence-corrected chi connectivity index (χ4v) is 2.02. The molecule has 2 N–H and O–H groups in total. The predicted octanol–water partition coefficient (Wildman–Crippen LogP) is 1.22. The number of hydrogen-bond donors (Lipinski definition) is 2. The monoisotopic (exact) mass is 281 g/mol. The van der Waals surface area contributed by atoms with Crippen LogP contribution in [0, 0.1) is 13.8 Å². The van der Waals surface area contributed by atoms with Gasteiger partial charge in [0.1, 0.15) is 0 Å². The van der Waals surface area contributed by atoms with Crippen LogP contribution in [0.3, 0.4) is 0 Å². The van der Waals surface area contributed by atoms with Crippen LogP contribution < -0.4 is 10.6 Å². The Bertz CT molecular complexity index is 439. The Balaban J connectivity index is 2.65. The van der Waals surface area contributed by atoms with E-state index in [2.05, 4.69) is 34.6 Å². The third kappa shape index (κ3) is 4.52. The van der Waals surface area contributed by atoms with E-state index >= 15 is 0 Å². The van der Waals surface area contributed by atoms with E-state index < -0.39 is 0 Å². The minimum Gasteiger partial charge on any atom is -0.383 e. The zero-order valence-electron chi connectivity index (χ0n) is 13.3. The molecule has 0 saturated heterocycles. The molecule has 0 fully saturated rings. The summed E-state index contributed by atoms with van der Waals surface area (Å²) in [4.78, 5) is 4.20. The van der Waals surface area contributed by atoms with Crippen LogP contribution >= 0.6 is 0 Å². The highest BCUT2D eigenvalue weighted by molar-refractivity contribution is 5.79. The van der Waals surface area contributed by atoms with Gasteiger partial charge in [-0.3, -0.25) is 9.67 Å². The molecule has 0 amide bonds. The minimum absolute atomic E-state index is 0.675. The van der Waals surface area contributed by atoms with E-state index in [1.807, 2.05) is 11.6 Å². The summed E-state index contributed by atoms with van der Waals surface area (Å²) in [5.41, 5.74) is 3.45. The minimum atomic E-state index is 0.675. The number of guanidine groups is 1. The van der Waals surface area contributed by atoms with E-state index in [0.29, 0.717) is 6.61 Å². The summed E-state index contributed by atoms with van der Waals surface area (Å²) in [5.74, 6) is 0.829. The van der Waals surface area contributed by atoms with Gasteiger partial charge in [-0.25, -0.2) is 0 Å². The highest BCUT2D eigenvalue weighted by Gasteiger charge is 2.11. The number of aliphatic imine (C=N–C) groups is 1. The van der Waals surface area contributed by atoms with Crippen molar-refractivity contribution >= 4 is 5.96 Å². The molecule has 0 aliphatic carbocycles. The number of hydrogen-bond acceptors (Lipinski definition) is 3. The van der Waals surface area contributed by atoms with Gasteiger partial charge in [0, 0.05) is 38.5 Å². The lowest BCUT2D eigenvalue weighted by atomic mass is 10.2. The van der Waals surface area contributed by atoms with E-state index in [0.717, 1.165) is 37.7 Å². The highest BCUT2D eigenvalue weighted by atomic mass is 16.5. The van der Waals surface area contributed by atoms with Gasteiger partial charge in [-0.1, -0.05) is 6.92 Å². The highest BCUT2D eigenvalue weighted by Crippen LogP contribution is 2.12. The van der Waals surface area contributed by atoms with Gasteiger partial charge in [-0.15, -0.1) is 0 Å². The molecule has 1 aromatic rings. The van der Waals surface area contributed by atoms with Crippen LogP contribution in [0.1, 0.15) is 30.3 Å². The Morgan fingerprint density at radius 2 is 2.10 bits per heavy atom. The van der Waals surface area contributed by atoms with E-state index in [4.69, 9.17) is 4.74 Å². The van der Waals surface area contributed by atoms with Gasteiger partial charge >= 0.3 is 0 Å². The zero-order valence-corrected chi connectivity index (χ0v) is 13.3. The van der Waals surface area contributed by atoms with Gasteiger partial charge in [0.25, 0.3) is 0 Å². The molecule has 20 heavy (non-hydrogen) atoms. The van der Waals surface area contributed by atoms with Crippen LogP contribution in [0.25, 0.3) is 0 Å². The number of methoxy groups -OCH3 is 1. The molecule has 0 radical (unpaired) electrons. The van der Waals surface area contributed by atoms with Gasteiger partial charge < -0.3 is 15.4 Å². The largest absolute Gasteiger partial charge is 0.383 e. The van der Waals surface area contributed by atoms with E-state index in [-0.39, 0.29) is 0 Å².